The quantitative estimate of drug-likeness (QED) is 0.715. The van der Waals surface area contributed by atoms with E-state index in [1.807, 2.05) is 25.1 Å². The Kier molecular flexibility index (Phi) is 5.04. The number of carbonyl (C=O) groups is 1. The Labute approximate surface area is 170 Å². The highest BCUT2D eigenvalue weighted by atomic mass is 32.2. The average Bonchev–Trinajstić information content (AvgIpc) is 3.29. The van der Waals surface area contributed by atoms with Crippen molar-refractivity contribution in [3.8, 4) is 5.75 Å². The fraction of sp³-hybridized carbons (Fsp3) is 0.333. The number of likely N-dealkylation sites (tertiary alicyclic amines) is 1. The van der Waals surface area contributed by atoms with Crippen molar-refractivity contribution in [2.24, 2.45) is 4.40 Å². The van der Waals surface area contributed by atoms with E-state index in [9.17, 15) is 13.2 Å². The molecule has 0 N–H and O–H groups in total. The summed E-state index contributed by atoms with van der Waals surface area (Å²) in [5.74, 6) is 0.593. The summed E-state index contributed by atoms with van der Waals surface area (Å²) in [5.41, 5.74) is 2.37. The smallest absolute Gasteiger partial charge is 0.329 e. The van der Waals surface area contributed by atoms with Crippen LogP contribution in [0, 0.1) is 6.92 Å². The SMILES string of the molecule is COc1ccc(C)cc1COC(=O)[C@@H]1CCCN1C1=NS(=O)(=O)c2ccccc21. The van der Waals surface area contributed by atoms with Gasteiger partial charge in [0.05, 0.1) is 7.11 Å². The fourth-order valence-electron chi connectivity index (χ4n) is 3.83. The lowest BCUT2D eigenvalue weighted by atomic mass is 10.1. The molecule has 1 fully saturated rings. The van der Waals surface area contributed by atoms with E-state index in [1.165, 1.54) is 6.07 Å². The average molecular weight is 414 g/mol. The lowest BCUT2D eigenvalue weighted by Crippen LogP contribution is -2.41. The van der Waals surface area contributed by atoms with Gasteiger partial charge in [-0.05, 0) is 44.0 Å². The normalized spacial score (nSPS) is 19.6. The zero-order chi connectivity index (χ0) is 20.6. The molecular weight excluding hydrogens is 392 g/mol. The maximum atomic E-state index is 12.8. The lowest BCUT2D eigenvalue weighted by Gasteiger charge is -2.25. The van der Waals surface area contributed by atoms with Gasteiger partial charge < -0.3 is 14.4 Å². The number of benzene rings is 2. The third kappa shape index (κ3) is 3.60. The molecule has 2 heterocycles. The Balaban J connectivity index is 1.54. The van der Waals surface area contributed by atoms with Gasteiger partial charge in [-0.15, -0.1) is 4.40 Å². The zero-order valence-electron chi connectivity index (χ0n) is 16.3. The molecule has 1 saturated heterocycles. The first-order chi connectivity index (χ1) is 13.9. The summed E-state index contributed by atoms with van der Waals surface area (Å²) in [4.78, 5) is 14.8. The van der Waals surface area contributed by atoms with Gasteiger partial charge in [-0.2, -0.15) is 8.42 Å². The second-order valence-corrected chi connectivity index (χ2v) is 8.73. The topological polar surface area (TPSA) is 85.3 Å². The molecule has 0 spiro atoms. The first kappa shape index (κ1) is 19.4. The van der Waals surface area contributed by atoms with E-state index < -0.39 is 22.0 Å². The molecule has 0 unspecified atom stereocenters. The number of ether oxygens (including phenoxy) is 2. The van der Waals surface area contributed by atoms with Crippen molar-refractivity contribution in [1.29, 1.82) is 0 Å². The van der Waals surface area contributed by atoms with Crippen molar-refractivity contribution in [3.63, 3.8) is 0 Å². The number of hydrogen-bond donors (Lipinski definition) is 0. The maximum Gasteiger partial charge on any atom is 0.329 e. The number of aryl methyl sites for hydroxylation is 1. The minimum atomic E-state index is -3.73. The molecule has 152 valence electrons. The van der Waals surface area contributed by atoms with Gasteiger partial charge in [-0.1, -0.05) is 23.8 Å². The van der Waals surface area contributed by atoms with Crippen molar-refractivity contribution >= 4 is 21.8 Å². The predicted molar refractivity (Wildman–Crippen MR) is 107 cm³/mol. The van der Waals surface area contributed by atoms with Gasteiger partial charge in [-0.25, -0.2) is 4.79 Å². The first-order valence-electron chi connectivity index (χ1n) is 9.42. The standard InChI is InChI=1S/C21H22N2O5S/c1-14-9-10-18(27-2)15(12-14)13-28-21(24)17-7-5-11-23(17)20-16-6-3-4-8-19(16)29(25,26)22-20/h3-4,6,8-10,12,17H,5,7,11,13H2,1-2H3/t17-/m0/s1. The van der Waals surface area contributed by atoms with Crippen LogP contribution in [0.25, 0.3) is 0 Å². The van der Waals surface area contributed by atoms with Crippen LogP contribution in [0.5, 0.6) is 5.75 Å². The molecule has 29 heavy (non-hydrogen) atoms. The monoisotopic (exact) mass is 414 g/mol. The lowest BCUT2D eigenvalue weighted by molar-refractivity contribution is -0.149. The third-order valence-corrected chi connectivity index (χ3v) is 6.54. The van der Waals surface area contributed by atoms with Gasteiger partial charge in [0, 0.05) is 17.7 Å². The number of amidine groups is 1. The third-order valence-electron chi connectivity index (χ3n) is 5.22. The van der Waals surface area contributed by atoms with Gasteiger partial charge in [0.1, 0.15) is 23.3 Å². The number of rotatable bonds is 4. The summed E-state index contributed by atoms with van der Waals surface area (Å²) in [6.07, 6.45) is 1.35. The molecule has 7 nitrogen and oxygen atoms in total. The van der Waals surface area contributed by atoms with Crippen molar-refractivity contribution in [2.45, 2.75) is 37.3 Å². The fourth-order valence-corrected chi connectivity index (χ4v) is 5.04. The summed E-state index contributed by atoms with van der Waals surface area (Å²) in [6, 6.07) is 11.8. The van der Waals surface area contributed by atoms with Crippen LogP contribution in [0.15, 0.2) is 51.8 Å². The molecule has 2 aliphatic rings. The highest BCUT2D eigenvalue weighted by molar-refractivity contribution is 7.90. The molecule has 2 aromatic rings. The van der Waals surface area contributed by atoms with E-state index in [4.69, 9.17) is 9.47 Å². The van der Waals surface area contributed by atoms with Gasteiger partial charge in [0.2, 0.25) is 0 Å². The minimum Gasteiger partial charge on any atom is -0.496 e. The molecule has 8 heteroatoms. The molecule has 0 aliphatic carbocycles. The summed E-state index contributed by atoms with van der Waals surface area (Å²) in [6.45, 7) is 2.60. The Bertz CT molecular complexity index is 1090. The summed E-state index contributed by atoms with van der Waals surface area (Å²) in [7, 11) is -2.16. The number of esters is 1. The molecule has 0 radical (unpaired) electrons. The second kappa shape index (κ2) is 7.51. The predicted octanol–water partition coefficient (Wildman–Crippen LogP) is 2.66. The number of hydrogen-bond acceptors (Lipinski definition) is 6. The summed E-state index contributed by atoms with van der Waals surface area (Å²) in [5, 5.41) is 0. The van der Waals surface area contributed by atoms with E-state index in [0.717, 1.165) is 17.5 Å². The molecule has 2 aliphatic heterocycles. The van der Waals surface area contributed by atoms with Crippen LogP contribution in [-0.2, 0) is 26.2 Å². The van der Waals surface area contributed by atoms with Crippen LogP contribution in [0.1, 0.15) is 29.5 Å². The zero-order valence-corrected chi connectivity index (χ0v) is 17.1. The van der Waals surface area contributed by atoms with E-state index in [1.54, 1.807) is 30.2 Å². The van der Waals surface area contributed by atoms with Crippen LogP contribution in [0.2, 0.25) is 0 Å². The molecule has 0 aromatic heterocycles. The molecular formula is C21H22N2O5S. The Morgan fingerprint density at radius 1 is 1.24 bits per heavy atom. The van der Waals surface area contributed by atoms with Crippen LogP contribution in [0.4, 0.5) is 0 Å². The largest absolute Gasteiger partial charge is 0.496 e. The van der Waals surface area contributed by atoms with Crippen molar-refractivity contribution in [2.75, 3.05) is 13.7 Å². The summed E-state index contributed by atoms with van der Waals surface area (Å²) >= 11 is 0. The van der Waals surface area contributed by atoms with Crippen molar-refractivity contribution < 1.29 is 22.7 Å². The first-order valence-corrected chi connectivity index (χ1v) is 10.9. The molecule has 0 amide bonds. The molecule has 2 aromatic carbocycles. The second-order valence-electron chi connectivity index (χ2n) is 7.16. The number of sulfonamides is 1. The van der Waals surface area contributed by atoms with E-state index in [0.29, 0.717) is 30.1 Å². The van der Waals surface area contributed by atoms with Crippen LogP contribution in [0.3, 0.4) is 0 Å². The molecule has 4 rings (SSSR count). The highest BCUT2D eigenvalue weighted by Gasteiger charge is 2.39. The number of carbonyl (C=O) groups excluding carboxylic acids is 1. The van der Waals surface area contributed by atoms with Gasteiger partial charge in [0.25, 0.3) is 10.0 Å². The molecule has 0 bridgehead atoms. The minimum absolute atomic E-state index is 0.0926. The van der Waals surface area contributed by atoms with Gasteiger partial charge in [-0.3, -0.25) is 0 Å². The number of nitrogens with zero attached hydrogens (tertiary/aromatic N) is 2. The van der Waals surface area contributed by atoms with Crippen molar-refractivity contribution in [1.82, 2.24) is 4.90 Å². The summed E-state index contributed by atoms with van der Waals surface area (Å²) < 4.78 is 39.6. The van der Waals surface area contributed by atoms with E-state index in [2.05, 4.69) is 4.40 Å². The molecule has 1 atom stereocenters. The Morgan fingerprint density at radius 3 is 2.83 bits per heavy atom. The van der Waals surface area contributed by atoms with E-state index >= 15 is 0 Å². The maximum absolute atomic E-state index is 12.8. The van der Waals surface area contributed by atoms with Gasteiger partial charge >= 0.3 is 5.97 Å². The van der Waals surface area contributed by atoms with E-state index in [-0.39, 0.29) is 11.5 Å². The Morgan fingerprint density at radius 2 is 2.03 bits per heavy atom. The number of fused-ring (bicyclic) bond motifs is 1. The molecule has 0 saturated carbocycles. The Hall–Kier alpha value is -2.87. The van der Waals surface area contributed by atoms with Crippen LogP contribution in [-0.4, -0.2) is 44.8 Å². The van der Waals surface area contributed by atoms with Crippen LogP contribution >= 0.6 is 0 Å². The van der Waals surface area contributed by atoms with Gasteiger partial charge in [0.15, 0.2) is 5.84 Å². The van der Waals surface area contributed by atoms with Crippen molar-refractivity contribution in [3.05, 3.63) is 59.2 Å². The van der Waals surface area contributed by atoms with Crippen LogP contribution < -0.4 is 4.74 Å². The number of methoxy groups -OCH3 is 1. The highest BCUT2D eigenvalue weighted by Crippen LogP contribution is 2.31.